The van der Waals surface area contributed by atoms with E-state index in [1.165, 1.54) is 0 Å². The van der Waals surface area contributed by atoms with E-state index in [2.05, 4.69) is 0 Å². The van der Waals surface area contributed by atoms with E-state index in [1.807, 2.05) is 4.98 Å². The molecular weight excluding hydrogens is 272 g/mol. The molecule has 9 heteroatoms. The molecule has 2 heterocycles. The molecule has 0 spiro atoms. The number of aromatic amines is 1. The Hall–Kier alpha value is -1.97. The summed E-state index contributed by atoms with van der Waals surface area (Å²) in [6.07, 6.45) is -3.41. The second-order valence-corrected chi connectivity index (χ2v) is 4.33. The molecule has 0 aliphatic carbocycles. The summed E-state index contributed by atoms with van der Waals surface area (Å²) in [4.78, 5) is 35.8. The highest BCUT2D eigenvalue weighted by Crippen LogP contribution is 2.30. The third kappa shape index (κ3) is 2.64. The van der Waals surface area contributed by atoms with Gasteiger partial charge in [0.25, 0.3) is 5.56 Å². The van der Waals surface area contributed by atoms with Crippen molar-refractivity contribution in [3.05, 3.63) is 33.1 Å². The number of rotatable bonds is 3. The Kier molecular flexibility index (Phi) is 4.02. The number of nitrogens with one attached hydrogen (secondary N) is 1. The van der Waals surface area contributed by atoms with Crippen molar-refractivity contribution in [3.63, 3.8) is 0 Å². The number of hydrogen-bond acceptors (Lipinski definition) is 7. The van der Waals surface area contributed by atoms with Crippen molar-refractivity contribution in [1.29, 1.82) is 0 Å². The van der Waals surface area contributed by atoms with Crippen molar-refractivity contribution >= 4 is 5.97 Å². The largest absolute Gasteiger partial charge is 0.455 e. The van der Waals surface area contributed by atoms with Crippen molar-refractivity contribution < 1.29 is 24.5 Å². The van der Waals surface area contributed by atoms with Crippen LogP contribution in [0.2, 0.25) is 0 Å². The van der Waals surface area contributed by atoms with Gasteiger partial charge in [0, 0.05) is 19.2 Å². The van der Waals surface area contributed by atoms with Gasteiger partial charge in [0.2, 0.25) is 0 Å². The molecule has 0 radical (unpaired) electrons. The van der Waals surface area contributed by atoms with Crippen LogP contribution < -0.4 is 11.2 Å². The van der Waals surface area contributed by atoms with Crippen LogP contribution in [0.4, 0.5) is 0 Å². The van der Waals surface area contributed by atoms with Crippen LogP contribution in [0.5, 0.6) is 0 Å². The Balaban J connectivity index is 2.39. The van der Waals surface area contributed by atoms with Crippen LogP contribution >= 0.6 is 0 Å². The maximum atomic E-state index is 11.7. The van der Waals surface area contributed by atoms with E-state index in [4.69, 9.17) is 14.6 Å². The monoisotopic (exact) mass is 286 g/mol. The molecule has 1 aliphatic heterocycles. The molecule has 1 saturated heterocycles. The second-order valence-electron chi connectivity index (χ2n) is 4.33. The highest BCUT2D eigenvalue weighted by molar-refractivity contribution is 5.66. The van der Waals surface area contributed by atoms with Crippen molar-refractivity contribution in [3.8, 4) is 0 Å². The number of aliphatic hydroxyl groups is 2. The van der Waals surface area contributed by atoms with Gasteiger partial charge in [-0.05, 0) is 0 Å². The Bertz CT molecular complexity index is 607. The van der Waals surface area contributed by atoms with E-state index in [0.717, 1.165) is 23.8 Å². The van der Waals surface area contributed by atoms with Crippen molar-refractivity contribution in [1.82, 2.24) is 9.55 Å². The lowest BCUT2D eigenvalue weighted by Crippen LogP contribution is -2.40. The summed E-state index contributed by atoms with van der Waals surface area (Å²) in [5.74, 6) is -0.668. The van der Waals surface area contributed by atoms with E-state index in [0.29, 0.717) is 0 Å². The first-order valence-electron chi connectivity index (χ1n) is 5.87. The van der Waals surface area contributed by atoms with Gasteiger partial charge in [-0.15, -0.1) is 0 Å². The molecule has 0 unspecified atom stereocenters. The lowest BCUT2D eigenvalue weighted by molar-refractivity contribution is -0.156. The van der Waals surface area contributed by atoms with Crippen LogP contribution in [-0.2, 0) is 14.3 Å². The third-order valence-electron chi connectivity index (χ3n) is 2.92. The molecule has 20 heavy (non-hydrogen) atoms. The summed E-state index contributed by atoms with van der Waals surface area (Å²) in [5.41, 5.74) is -1.36. The summed E-state index contributed by atoms with van der Waals surface area (Å²) in [6, 6.07) is 1.09. The molecule has 1 aliphatic rings. The normalized spacial score (nSPS) is 29.4. The zero-order valence-electron chi connectivity index (χ0n) is 10.6. The number of carbonyl (C=O) groups excluding carboxylic acids is 1. The number of carbonyl (C=O) groups is 1. The summed E-state index contributed by atoms with van der Waals surface area (Å²) in [6.45, 7) is 0.638. The van der Waals surface area contributed by atoms with Gasteiger partial charge < -0.3 is 19.7 Å². The molecule has 9 nitrogen and oxygen atoms in total. The highest BCUT2D eigenvalue weighted by atomic mass is 16.6. The quantitative estimate of drug-likeness (QED) is 0.533. The molecule has 1 aromatic rings. The summed E-state index contributed by atoms with van der Waals surface area (Å²) >= 11 is 0. The molecule has 0 amide bonds. The standard InChI is InChI=1S/C11H14N2O7/c1-5(15)19-9-8(17)6(4-14)20-10(9)13-3-2-7(16)12-11(13)18/h2-3,6,8-10,14,17H,4H2,1H3,(H,12,16,18)/t6-,8-,9-,10-/m1/s1. The SMILES string of the molecule is CC(=O)O[C@@H]1[C@H](O)[C@@H](CO)O[C@H]1n1ccc(=O)[nH]c1=O. The first-order chi connectivity index (χ1) is 9.43. The fraction of sp³-hybridized carbons (Fsp3) is 0.545. The molecule has 1 fully saturated rings. The number of H-pyrrole nitrogens is 1. The van der Waals surface area contributed by atoms with Crippen LogP contribution in [0.25, 0.3) is 0 Å². The summed E-state index contributed by atoms with van der Waals surface area (Å²) in [7, 11) is 0. The molecule has 4 atom stereocenters. The van der Waals surface area contributed by atoms with Crippen LogP contribution in [0, 0.1) is 0 Å². The maximum Gasteiger partial charge on any atom is 0.330 e. The molecule has 110 valence electrons. The fourth-order valence-electron chi connectivity index (χ4n) is 2.04. The first-order valence-corrected chi connectivity index (χ1v) is 5.87. The number of aliphatic hydroxyl groups excluding tert-OH is 2. The van der Waals surface area contributed by atoms with Crippen LogP contribution in [0.3, 0.4) is 0 Å². The van der Waals surface area contributed by atoms with E-state index < -0.39 is 48.4 Å². The van der Waals surface area contributed by atoms with Gasteiger partial charge in [0.1, 0.15) is 12.2 Å². The Morgan fingerprint density at radius 1 is 1.55 bits per heavy atom. The minimum absolute atomic E-state index is 0.506. The smallest absolute Gasteiger partial charge is 0.330 e. The van der Waals surface area contributed by atoms with Gasteiger partial charge in [-0.1, -0.05) is 0 Å². The third-order valence-corrected chi connectivity index (χ3v) is 2.92. The van der Waals surface area contributed by atoms with E-state index in [9.17, 15) is 19.5 Å². The molecule has 3 N–H and O–H groups in total. The molecule has 1 aromatic heterocycles. The Morgan fingerprint density at radius 3 is 2.80 bits per heavy atom. The fourth-order valence-corrected chi connectivity index (χ4v) is 2.04. The second kappa shape index (κ2) is 5.57. The van der Waals surface area contributed by atoms with E-state index in [-0.39, 0.29) is 0 Å². The lowest BCUT2D eigenvalue weighted by atomic mass is 10.1. The van der Waals surface area contributed by atoms with Gasteiger partial charge >= 0.3 is 11.7 Å². The van der Waals surface area contributed by atoms with E-state index in [1.54, 1.807) is 0 Å². The predicted molar refractivity (Wildman–Crippen MR) is 63.9 cm³/mol. The lowest BCUT2D eigenvalue weighted by Gasteiger charge is -2.21. The maximum absolute atomic E-state index is 11.7. The number of hydrogen-bond donors (Lipinski definition) is 3. The predicted octanol–water partition coefficient (Wildman–Crippen LogP) is -2.28. The highest BCUT2D eigenvalue weighted by Gasteiger charge is 2.47. The zero-order valence-corrected chi connectivity index (χ0v) is 10.6. The first kappa shape index (κ1) is 14.4. The number of ether oxygens (including phenoxy) is 2. The van der Waals surface area contributed by atoms with Crippen LogP contribution in [0.1, 0.15) is 13.2 Å². The van der Waals surface area contributed by atoms with Gasteiger partial charge in [0.15, 0.2) is 12.3 Å². The molecular formula is C11H14N2O7. The average Bonchev–Trinajstić information content (AvgIpc) is 2.66. The number of aromatic nitrogens is 2. The summed E-state index contributed by atoms with van der Waals surface area (Å²) in [5, 5.41) is 19.0. The Labute approximate surface area is 112 Å². The van der Waals surface area contributed by atoms with Crippen molar-refractivity contribution in [2.24, 2.45) is 0 Å². The molecule has 0 bridgehead atoms. The van der Waals surface area contributed by atoms with Gasteiger partial charge in [-0.2, -0.15) is 0 Å². The molecule has 2 rings (SSSR count). The van der Waals surface area contributed by atoms with E-state index >= 15 is 0 Å². The molecule has 0 aromatic carbocycles. The van der Waals surface area contributed by atoms with Gasteiger partial charge in [-0.3, -0.25) is 19.1 Å². The summed E-state index contributed by atoms with van der Waals surface area (Å²) < 4.78 is 11.2. The molecule has 0 saturated carbocycles. The topological polar surface area (TPSA) is 131 Å². The minimum Gasteiger partial charge on any atom is -0.455 e. The number of esters is 1. The zero-order chi connectivity index (χ0) is 14.9. The van der Waals surface area contributed by atoms with Gasteiger partial charge in [-0.25, -0.2) is 4.79 Å². The van der Waals surface area contributed by atoms with Crippen molar-refractivity contribution in [2.45, 2.75) is 31.5 Å². The number of nitrogens with zero attached hydrogens (tertiary/aromatic N) is 1. The van der Waals surface area contributed by atoms with Crippen molar-refractivity contribution in [2.75, 3.05) is 6.61 Å². The Morgan fingerprint density at radius 2 is 2.25 bits per heavy atom. The van der Waals surface area contributed by atoms with Gasteiger partial charge in [0.05, 0.1) is 6.61 Å². The average molecular weight is 286 g/mol. The minimum atomic E-state index is -1.28. The van der Waals surface area contributed by atoms with Crippen LogP contribution in [0.15, 0.2) is 21.9 Å². The van der Waals surface area contributed by atoms with Crippen LogP contribution in [-0.4, -0.2) is 50.7 Å².